The minimum absolute atomic E-state index is 0.0777. The van der Waals surface area contributed by atoms with Crippen molar-refractivity contribution in [2.45, 2.75) is 65.0 Å². The van der Waals surface area contributed by atoms with Gasteiger partial charge in [-0.25, -0.2) is 4.79 Å². The van der Waals surface area contributed by atoms with Crippen molar-refractivity contribution in [3.63, 3.8) is 0 Å². The van der Waals surface area contributed by atoms with Gasteiger partial charge < -0.3 is 19.3 Å². The predicted octanol–water partition coefficient (Wildman–Crippen LogP) is 2.69. The maximum atomic E-state index is 13.2. The highest BCUT2D eigenvalue weighted by atomic mass is 16.5. The molecule has 0 bridgehead atoms. The van der Waals surface area contributed by atoms with Gasteiger partial charge in [-0.3, -0.25) is 13.9 Å². The molecule has 1 aliphatic heterocycles. The largest absolute Gasteiger partial charge is 0.491 e. The standard InChI is InChI=1S/C26H37N5O4/c1-17(2)20-11-10-18(3)14-21(20)35-16-19(32)15-31-22-23(28(4)26(34)29(5)24(22)33)27-25(31)30-12-8-6-7-9-13-30/h10-11,14,17,19,32H,6-9,12-13,15-16H2,1-5H3/t19-/m0/s1. The van der Waals surface area contributed by atoms with Gasteiger partial charge in [0.25, 0.3) is 5.56 Å². The van der Waals surface area contributed by atoms with E-state index >= 15 is 0 Å². The van der Waals surface area contributed by atoms with Gasteiger partial charge in [0.1, 0.15) is 18.5 Å². The van der Waals surface area contributed by atoms with Crippen molar-refractivity contribution in [2.75, 3.05) is 24.6 Å². The average Bonchev–Trinajstić information content (AvgIpc) is 2.99. The molecule has 0 aliphatic carbocycles. The summed E-state index contributed by atoms with van der Waals surface area (Å²) < 4.78 is 10.3. The van der Waals surface area contributed by atoms with Gasteiger partial charge in [0.2, 0.25) is 5.95 Å². The van der Waals surface area contributed by atoms with E-state index in [2.05, 4.69) is 30.9 Å². The lowest BCUT2D eigenvalue weighted by Crippen LogP contribution is -2.38. The van der Waals surface area contributed by atoms with Gasteiger partial charge in [-0.2, -0.15) is 4.98 Å². The topological polar surface area (TPSA) is 94.5 Å². The summed E-state index contributed by atoms with van der Waals surface area (Å²) in [7, 11) is 3.09. The lowest BCUT2D eigenvalue weighted by Gasteiger charge is -2.24. The first kappa shape index (κ1) is 25.0. The van der Waals surface area contributed by atoms with E-state index < -0.39 is 17.4 Å². The fourth-order valence-corrected chi connectivity index (χ4v) is 4.81. The SMILES string of the molecule is Cc1ccc(C(C)C)c(OC[C@@H](O)Cn2c(N3CCCCCC3)nc3c2c(=O)n(C)c(=O)n3C)c1. The Morgan fingerprint density at radius 1 is 1.06 bits per heavy atom. The van der Waals surface area contributed by atoms with E-state index in [-0.39, 0.29) is 13.2 Å². The molecule has 35 heavy (non-hydrogen) atoms. The fraction of sp³-hybridized carbons (Fsp3) is 0.577. The van der Waals surface area contributed by atoms with Crippen molar-refractivity contribution < 1.29 is 9.84 Å². The Bertz CT molecular complexity index is 1310. The first-order chi connectivity index (χ1) is 16.7. The smallest absolute Gasteiger partial charge is 0.332 e. The lowest BCUT2D eigenvalue weighted by atomic mass is 10.0. The second kappa shape index (κ2) is 10.3. The monoisotopic (exact) mass is 483 g/mol. The maximum absolute atomic E-state index is 13.2. The van der Waals surface area contributed by atoms with Crippen LogP contribution in [0.4, 0.5) is 5.95 Å². The highest BCUT2D eigenvalue weighted by Crippen LogP contribution is 2.28. The third-order valence-corrected chi connectivity index (χ3v) is 6.83. The van der Waals surface area contributed by atoms with Crippen LogP contribution in [-0.4, -0.2) is 49.6 Å². The third kappa shape index (κ3) is 5.00. The van der Waals surface area contributed by atoms with Gasteiger partial charge in [-0.1, -0.05) is 38.8 Å². The summed E-state index contributed by atoms with van der Waals surface area (Å²) >= 11 is 0. The van der Waals surface area contributed by atoms with E-state index in [9.17, 15) is 14.7 Å². The minimum atomic E-state index is -0.874. The number of imidazole rings is 1. The molecule has 9 heteroatoms. The second-order valence-electron chi connectivity index (χ2n) is 9.96. The molecule has 1 aliphatic rings. The molecule has 0 spiro atoms. The van der Waals surface area contributed by atoms with Crippen LogP contribution in [0.2, 0.25) is 0 Å². The molecule has 4 rings (SSSR count). The molecule has 9 nitrogen and oxygen atoms in total. The third-order valence-electron chi connectivity index (χ3n) is 6.83. The summed E-state index contributed by atoms with van der Waals surface area (Å²) in [5, 5.41) is 11.0. The first-order valence-corrected chi connectivity index (χ1v) is 12.5. The van der Waals surface area contributed by atoms with Crippen molar-refractivity contribution in [3.05, 3.63) is 50.2 Å². The summed E-state index contributed by atoms with van der Waals surface area (Å²) in [6.07, 6.45) is 3.51. The number of ether oxygens (including phenoxy) is 1. The van der Waals surface area contributed by atoms with E-state index in [1.54, 1.807) is 11.6 Å². The van der Waals surface area contributed by atoms with Crippen LogP contribution in [0.25, 0.3) is 11.2 Å². The first-order valence-electron chi connectivity index (χ1n) is 12.5. The number of hydrogen-bond donors (Lipinski definition) is 1. The normalized spacial score (nSPS) is 15.6. The Morgan fingerprint density at radius 2 is 1.74 bits per heavy atom. The van der Waals surface area contributed by atoms with Crippen LogP contribution in [0.1, 0.15) is 56.6 Å². The number of benzene rings is 1. The lowest BCUT2D eigenvalue weighted by molar-refractivity contribution is 0.0930. The highest BCUT2D eigenvalue weighted by Gasteiger charge is 2.25. The predicted molar refractivity (Wildman–Crippen MR) is 138 cm³/mol. The molecule has 190 valence electrons. The van der Waals surface area contributed by atoms with Crippen LogP contribution in [0.5, 0.6) is 5.75 Å². The van der Waals surface area contributed by atoms with Gasteiger partial charge in [0.15, 0.2) is 11.2 Å². The van der Waals surface area contributed by atoms with E-state index in [4.69, 9.17) is 9.72 Å². The molecule has 3 aromatic rings. The number of hydrogen-bond acceptors (Lipinski definition) is 6. The van der Waals surface area contributed by atoms with Gasteiger partial charge in [0.05, 0.1) is 6.54 Å². The molecule has 1 saturated heterocycles. The molecule has 0 radical (unpaired) electrons. The molecule has 0 saturated carbocycles. The molecule has 1 fully saturated rings. The zero-order valence-electron chi connectivity index (χ0n) is 21.5. The van der Waals surface area contributed by atoms with E-state index in [1.165, 1.54) is 11.6 Å². The minimum Gasteiger partial charge on any atom is -0.491 e. The van der Waals surface area contributed by atoms with Gasteiger partial charge >= 0.3 is 5.69 Å². The Labute approximate surface area is 205 Å². The molecule has 0 amide bonds. The van der Waals surface area contributed by atoms with E-state index in [0.717, 1.165) is 60.2 Å². The number of anilines is 1. The number of aliphatic hydroxyl groups is 1. The van der Waals surface area contributed by atoms with Gasteiger partial charge in [0, 0.05) is 27.2 Å². The van der Waals surface area contributed by atoms with Gasteiger partial charge in [-0.15, -0.1) is 0 Å². The van der Waals surface area contributed by atoms with Crippen LogP contribution >= 0.6 is 0 Å². The Morgan fingerprint density at radius 3 is 2.40 bits per heavy atom. The molecule has 3 heterocycles. The van der Waals surface area contributed by atoms with Crippen LogP contribution in [0.15, 0.2) is 27.8 Å². The number of nitrogens with zero attached hydrogens (tertiary/aromatic N) is 5. The fourth-order valence-electron chi connectivity index (χ4n) is 4.81. The molecule has 1 aromatic carbocycles. The maximum Gasteiger partial charge on any atom is 0.332 e. The quantitative estimate of drug-likeness (QED) is 0.555. The summed E-state index contributed by atoms with van der Waals surface area (Å²) in [4.78, 5) is 32.6. The number of aromatic nitrogens is 4. The number of aliphatic hydroxyl groups excluding tert-OH is 1. The molecular formula is C26H37N5O4. The summed E-state index contributed by atoms with van der Waals surface area (Å²) in [5.74, 6) is 1.68. The summed E-state index contributed by atoms with van der Waals surface area (Å²) in [5.41, 5.74) is 2.01. The van der Waals surface area contributed by atoms with Crippen LogP contribution in [-0.2, 0) is 20.6 Å². The van der Waals surface area contributed by atoms with Crippen molar-refractivity contribution in [2.24, 2.45) is 14.1 Å². The van der Waals surface area contributed by atoms with Crippen molar-refractivity contribution in [1.82, 2.24) is 18.7 Å². The highest BCUT2D eigenvalue weighted by molar-refractivity contribution is 5.74. The number of rotatable bonds is 7. The number of fused-ring (bicyclic) bond motifs is 1. The zero-order chi connectivity index (χ0) is 25.3. The second-order valence-corrected chi connectivity index (χ2v) is 9.96. The molecule has 1 atom stereocenters. The van der Waals surface area contributed by atoms with Crippen molar-refractivity contribution in [1.29, 1.82) is 0 Å². The number of aryl methyl sites for hydroxylation is 2. The Balaban J connectivity index is 1.69. The molecule has 1 N–H and O–H groups in total. The average molecular weight is 484 g/mol. The Hall–Kier alpha value is -3.07. The molecule has 2 aromatic heterocycles. The zero-order valence-corrected chi connectivity index (χ0v) is 21.5. The van der Waals surface area contributed by atoms with E-state index in [0.29, 0.717) is 23.0 Å². The van der Waals surface area contributed by atoms with Crippen LogP contribution in [0, 0.1) is 6.92 Å². The molecule has 0 unspecified atom stereocenters. The van der Waals surface area contributed by atoms with Crippen molar-refractivity contribution in [3.8, 4) is 5.75 Å². The Kier molecular flexibility index (Phi) is 7.35. The van der Waals surface area contributed by atoms with E-state index in [1.807, 2.05) is 13.0 Å². The van der Waals surface area contributed by atoms with Crippen molar-refractivity contribution >= 4 is 17.1 Å². The van der Waals surface area contributed by atoms with Crippen LogP contribution in [0.3, 0.4) is 0 Å². The van der Waals surface area contributed by atoms with Crippen LogP contribution < -0.4 is 20.9 Å². The molecular weight excluding hydrogens is 446 g/mol. The summed E-state index contributed by atoms with van der Waals surface area (Å²) in [6.45, 7) is 8.10. The van der Waals surface area contributed by atoms with Gasteiger partial charge in [-0.05, 0) is 42.9 Å². The summed E-state index contributed by atoms with van der Waals surface area (Å²) in [6, 6.07) is 6.11.